The molecule has 0 aliphatic carbocycles. The van der Waals surface area contributed by atoms with Crippen molar-refractivity contribution in [1.29, 1.82) is 0 Å². The molecule has 45 heavy (non-hydrogen) atoms. The Labute approximate surface area is 267 Å². The smallest absolute Gasteiger partial charge is 0.290 e. The van der Waals surface area contributed by atoms with E-state index >= 15 is 0 Å². The number of amides is 1. The zero-order chi connectivity index (χ0) is 32.4. The third-order valence-corrected chi connectivity index (χ3v) is 12.7. The summed E-state index contributed by atoms with van der Waals surface area (Å²) >= 11 is 0. The van der Waals surface area contributed by atoms with E-state index in [9.17, 15) is 4.79 Å². The second kappa shape index (κ2) is 13.7. The zero-order valence-electron chi connectivity index (χ0n) is 28.0. The molecule has 12 heteroatoms. The molecule has 0 saturated carbocycles. The molecular formula is C33H49N5O6Si. The fraction of sp³-hybridized carbons (Fsp3) is 0.606. The van der Waals surface area contributed by atoms with E-state index in [0.717, 1.165) is 50.6 Å². The lowest BCUT2D eigenvalue weighted by molar-refractivity contribution is -0.0271. The van der Waals surface area contributed by atoms with Gasteiger partial charge in [-0.2, -0.15) is 4.99 Å². The maximum absolute atomic E-state index is 13.4. The summed E-state index contributed by atoms with van der Waals surface area (Å²) in [7, 11) is 1.59. The molecule has 1 amide bonds. The average Bonchev–Trinajstić information content (AvgIpc) is 3.59. The predicted octanol–water partition coefficient (Wildman–Crippen LogP) is 4.24. The van der Waals surface area contributed by atoms with Gasteiger partial charge in [-0.05, 0) is 61.4 Å². The highest BCUT2D eigenvalue weighted by atomic mass is 28.3. The summed E-state index contributed by atoms with van der Waals surface area (Å²) in [6, 6.07) is 8.25. The Kier molecular flexibility index (Phi) is 10.1. The topological polar surface area (TPSA) is 119 Å². The number of hydrogen-bond donors (Lipinski definition) is 2. The largest absolute Gasteiger partial charge is 0.482 e. The highest BCUT2D eigenvalue weighted by Crippen LogP contribution is 2.42. The fourth-order valence-electron chi connectivity index (χ4n) is 6.52. The Balaban J connectivity index is 1.26. The van der Waals surface area contributed by atoms with Crippen LogP contribution in [0.1, 0.15) is 54.8 Å². The van der Waals surface area contributed by atoms with Crippen molar-refractivity contribution in [1.82, 2.24) is 15.5 Å². The number of hydrogen-bond acceptors (Lipinski definition) is 8. The molecule has 246 valence electrons. The van der Waals surface area contributed by atoms with Crippen LogP contribution in [0.15, 0.2) is 38.7 Å². The number of benzene rings is 1. The van der Waals surface area contributed by atoms with Gasteiger partial charge in [-0.15, -0.1) is 0 Å². The van der Waals surface area contributed by atoms with Gasteiger partial charge in [0.25, 0.3) is 11.9 Å². The first-order valence-electron chi connectivity index (χ1n) is 16.0. The van der Waals surface area contributed by atoms with Gasteiger partial charge in [0.1, 0.15) is 5.75 Å². The van der Waals surface area contributed by atoms with Gasteiger partial charge in [0, 0.05) is 39.4 Å². The Hall–Kier alpha value is -3.19. The maximum Gasteiger partial charge on any atom is 0.290 e. The second-order valence-electron chi connectivity index (χ2n) is 13.4. The van der Waals surface area contributed by atoms with Crippen LogP contribution in [-0.2, 0) is 14.2 Å². The Morgan fingerprint density at radius 2 is 2.00 bits per heavy atom. The van der Waals surface area contributed by atoms with Crippen molar-refractivity contribution < 1.29 is 28.2 Å². The number of aliphatic imine (C=N–C) groups is 2. The first-order valence-corrected chi connectivity index (χ1v) is 19.2. The predicted molar refractivity (Wildman–Crippen MR) is 178 cm³/mol. The van der Waals surface area contributed by atoms with Crippen molar-refractivity contribution in [3.05, 3.63) is 41.2 Å². The molecule has 1 aromatic heterocycles. The van der Waals surface area contributed by atoms with Crippen molar-refractivity contribution in [2.75, 3.05) is 53.6 Å². The monoisotopic (exact) mass is 639 g/mol. The van der Waals surface area contributed by atoms with Crippen LogP contribution in [0.25, 0.3) is 0 Å². The van der Waals surface area contributed by atoms with E-state index in [2.05, 4.69) is 71.5 Å². The summed E-state index contributed by atoms with van der Waals surface area (Å²) in [5.41, 5.74) is 1.38. The van der Waals surface area contributed by atoms with Crippen molar-refractivity contribution in [2.45, 2.75) is 70.9 Å². The third-order valence-electron chi connectivity index (χ3n) is 9.31. The molecule has 0 spiro atoms. The first-order chi connectivity index (χ1) is 21.4. The SMILES string of the molecule is COC1=NC(=NCCCN2CCOCC2)NC(C)(OC)C1NC(=O)c1ccc(Oc2cc3c(cc2C)[Si](C)(C)CC3C(C)C)o1. The fourth-order valence-corrected chi connectivity index (χ4v) is 10.2. The van der Waals surface area contributed by atoms with Crippen LogP contribution < -0.4 is 20.6 Å². The first kappa shape index (κ1) is 33.2. The summed E-state index contributed by atoms with van der Waals surface area (Å²) in [6.45, 7) is 18.3. The molecule has 1 aromatic carbocycles. The Morgan fingerprint density at radius 1 is 1.24 bits per heavy atom. The number of carbonyl (C=O) groups excluding carboxylic acids is 1. The van der Waals surface area contributed by atoms with Gasteiger partial charge < -0.3 is 34.0 Å². The van der Waals surface area contributed by atoms with E-state index in [0.29, 0.717) is 24.3 Å². The minimum atomic E-state index is -1.49. The molecule has 3 atom stereocenters. The normalized spacial score (nSPS) is 25.5. The van der Waals surface area contributed by atoms with Gasteiger partial charge in [-0.25, -0.2) is 0 Å². The molecule has 3 aliphatic heterocycles. The van der Waals surface area contributed by atoms with Crippen LogP contribution in [0.5, 0.6) is 11.7 Å². The second-order valence-corrected chi connectivity index (χ2v) is 18.1. The zero-order valence-corrected chi connectivity index (χ0v) is 29.0. The molecular weight excluding hydrogens is 590 g/mol. The number of nitrogens with zero attached hydrogens (tertiary/aromatic N) is 3. The van der Waals surface area contributed by atoms with E-state index in [1.165, 1.54) is 23.9 Å². The molecule has 3 aliphatic rings. The molecule has 1 saturated heterocycles. The molecule has 5 rings (SSSR count). The number of furan rings is 1. The van der Waals surface area contributed by atoms with Crippen LogP contribution in [-0.4, -0.2) is 96.1 Å². The lowest BCUT2D eigenvalue weighted by Crippen LogP contribution is -2.67. The molecule has 0 radical (unpaired) electrons. The summed E-state index contributed by atoms with van der Waals surface area (Å²) in [5, 5.41) is 7.71. The number of aryl methyl sites for hydroxylation is 1. The van der Waals surface area contributed by atoms with Crippen LogP contribution in [0.3, 0.4) is 0 Å². The number of carbonyl (C=O) groups is 1. The van der Waals surface area contributed by atoms with E-state index in [-0.39, 0.29) is 17.6 Å². The highest BCUT2D eigenvalue weighted by molar-refractivity contribution is 6.91. The van der Waals surface area contributed by atoms with Crippen LogP contribution >= 0.6 is 0 Å². The molecule has 3 unspecified atom stereocenters. The highest BCUT2D eigenvalue weighted by Gasteiger charge is 2.45. The minimum Gasteiger partial charge on any atom is -0.482 e. The van der Waals surface area contributed by atoms with E-state index in [1.807, 2.05) is 6.92 Å². The number of fused-ring (bicyclic) bond motifs is 1. The molecule has 11 nitrogen and oxygen atoms in total. The lowest BCUT2D eigenvalue weighted by Gasteiger charge is -2.40. The molecule has 0 bridgehead atoms. The summed E-state index contributed by atoms with van der Waals surface area (Å²) < 4.78 is 28.9. The molecule has 2 aromatic rings. The van der Waals surface area contributed by atoms with E-state index in [4.69, 9.17) is 23.4 Å². The number of ether oxygens (including phenoxy) is 4. The van der Waals surface area contributed by atoms with Gasteiger partial charge in [0.2, 0.25) is 11.9 Å². The number of guanidine groups is 1. The van der Waals surface area contributed by atoms with Crippen molar-refractivity contribution >= 4 is 31.0 Å². The number of rotatable bonds is 10. The number of nitrogens with one attached hydrogen (secondary N) is 2. The molecule has 1 fully saturated rings. The minimum absolute atomic E-state index is 0.105. The average molecular weight is 640 g/mol. The van der Waals surface area contributed by atoms with Crippen LogP contribution in [0.2, 0.25) is 19.1 Å². The van der Waals surface area contributed by atoms with Crippen LogP contribution in [0, 0.1) is 12.8 Å². The van der Waals surface area contributed by atoms with Gasteiger partial charge >= 0.3 is 0 Å². The standard InChI is InChI=1S/C33H49N5O6Si/c1-21(2)24-20-45(7,8)27-18-22(3)26(19-23(24)27)44-28-11-10-25(43-28)30(39)35-29-31(40-5)36-32(37-33(29,4)41-6)34-12-9-13-38-14-16-42-17-15-38/h10-11,18-19,21,24,29H,9,12-17,20H2,1-8H3,(H,34,37)(H,35,39). The summed E-state index contributed by atoms with van der Waals surface area (Å²) in [4.78, 5) is 24.9. The third kappa shape index (κ3) is 7.29. The van der Waals surface area contributed by atoms with Gasteiger partial charge in [-0.1, -0.05) is 38.2 Å². The Bertz CT molecular complexity index is 1430. The summed E-state index contributed by atoms with van der Waals surface area (Å²) in [5.74, 6) is 2.42. The van der Waals surface area contributed by atoms with E-state index in [1.54, 1.807) is 19.2 Å². The maximum atomic E-state index is 13.4. The van der Waals surface area contributed by atoms with Gasteiger partial charge in [0.05, 0.1) is 28.4 Å². The van der Waals surface area contributed by atoms with Crippen LogP contribution in [0.4, 0.5) is 0 Å². The van der Waals surface area contributed by atoms with E-state index < -0.39 is 25.7 Å². The summed E-state index contributed by atoms with van der Waals surface area (Å²) in [6.07, 6.45) is 0.888. The quantitative estimate of drug-likeness (QED) is 0.293. The number of morpholine rings is 1. The number of methoxy groups -OCH3 is 2. The van der Waals surface area contributed by atoms with Gasteiger partial charge in [-0.3, -0.25) is 14.7 Å². The Morgan fingerprint density at radius 3 is 2.69 bits per heavy atom. The van der Waals surface area contributed by atoms with Crippen molar-refractivity contribution in [3.8, 4) is 11.7 Å². The lowest BCUT2D eigenvalue weighted by atomic mass is 9.90. The molecule has 4 heterocycles. The molecule has 2 N–H and O–H groups in total. The van der Waals surface area contributed by atoms with Crippen molar-refractivity contribution in [2.24, 2.45) is 15.9 Å². The van der Waals surface area contributed by atoms with Gasteiger partial charge in [0.15, 0.2) is 17.5 Å². The van der Waals surface area contributed by atoms with Crippen molar-refractivity contribution in [3.63, 3.8) is 0 Å².